The van der Waals surface area contributed by atoms with Crippen LogP contribution in [0.1, 0.15) is 20.8 Å². The van der Waals surface area contributed by atoms with Crippen LogP contribution in [0, 0.1) is 0 Å². The van der Waals surface area contributed by atoms with Crippen LogP contribution in [-0.4, -0.2) is 47.1 Å². The van der Waals surface area contributed by atoms with E-state index < -0.39 is 36.3 Å². The number of hydrogen-bond donors (Lipinski definition) is 3. The summed E-state index contributed by atoms with van der Waals surface area (Å²) in [7, 11) is 0. The lowest BCUT2D eigenvalue weighted by atomic mass is 10.2. The van der Waals surface area contributed by atoms with Crippen LogP contribution in [0.15, 0.2) is 0 Å². The Morgan fingerprint density at radius 2 is 1.89 bits per heavy atom. The molecule has 104 valence electrons. The number of hydrogen-bond acceptors (Lipinski definition) is 6. The van der Waals surface area contributed by atoms with Gasteiger partial charge in [-0.1, -0.05) is 0 Å². The van der Waals surface area contributed by atoms with Gasteiger partial charge in [0.1, 0.15) is 11.6 Å². The number of amides is 1. The Hall–Kier alpha value is -1.44. The molecule has 0 spiro atoms. The van der Waals surface area contributed by atoms with Crippen molar-refractivity contribution < 1.29 is 29.0 Å². The number of rotatable bonds is 5. The summed E-state index contributed by atoms with van der Waals surface area (Å²) in [5, 5.41) is 10.6. The number of ether oxygens (including phenoxy) is 2. The highest BCUT2D eigenvalue weighted by Gasteiger charge is 2.24. The first-order chi connectivity index (χ1) is 8.15. The lowest BCUT2D eigenvalue weighted by Crippen LogP contribution is -2.45. The molecule has 0 heterocycles. The third kappa shape index (κ3) is 7.77. The van der Waals surface area contributed by atoms with Crippen molar-refractivity contribution in [2.45, 2.75) is 32.4 Å². The fourth-order valence-electron chi connectivity index (χ4n) is 0.862. The van der Waals surface area contributed by atoms with Crippen LogP contribution in [0.5, 0.6) is 0 Å². The summed E-state index contributed by atoms with van der Waals surface area (Å²) in [5.74, 6) is -2.19. The number of carboxylic acid groups (broad SMARTS) is 1. The number of alkyl carbamates (subject to hydrolysis) is 1. The van der Waals surface area contributed by atoms with Gasteiger partial charge in [-0.2, -0.15) is 12.6 Å². The van der Waals surface area contributed by atoms with Crippen LogP contribution in [0.4, 0.5) is 4.79 Å². The van der Waals surface area contributed by atoms with Gasteiger partial charge < -0.3 is 19.9 Å². The Kier molecular flexibility index (Phi) is 6.53. The van der Waals surface area contributed by atoms with E-state index in [4.69, 9.17) is 9.84 Å². The molecule has 1 amide bonds. The standard InChI is InChI=1S/C10H17NO6S/c1-10(2,3)17-9(15)11-6(5-18)8(14)16-4-7(12)13/h6,18H,4-5H2,1-3H3,(H,11,15)(H,12,13)/t6-/m1/s1. The molecule has 7 nitrogen and oxygen atoms in total. The summed E-state index contributed by atoms with van der Waals surface area (Å²) in [4.78, 5) is 33.0. The summed E-state index contributed by atoms with van der Waals surface area (Å²) in [6.45, 7) is 4.25. The van der Waals surface area contributed by atoms with E-state index in [2.05, 4.69) is 22.7 Å². The topological polar surface area (TPSA) is 102 Å². The Morgan fingerprint density at radius 3 is 2.28 bits per heavy atom. The van der Waals surface area contributed by atoms with Crippen molar-refractivity contribution in [3.8, 4) is 0 Å². The molecule has 0 aromatic rings. The number of nitrogens with one attached hydrogen (secondary N) is 1. The molecule has 2 N–H and O–H groups in total. The SMILES string of the molecule is CC(C)(C)OC(=O)N[C@H](CS)C(=O)OCC(=O)O. The van der Waals surface area contributed by atoms with Gasteiger partial charge in [0.2, 0.25) is 0 Å². The highest BCUT2D eigenvalue weighted by Crippen LogP contribution is 2.07. The Labute approximate surface area is 110 Å². The summed E-state index contributed by atoms with van der Waals surface area (Å²) in [5.41, 5.74) is -0.698. The fraction of sp³-hybridized carbons (Fsp3) is 0.700. The van der Waals surface area contributed by atoms with Gasteiger partial charge in [-0.25, -0.2) is 14.4 Å². The first-order valence-corrected chi connectivity index (χ1v) is 5.77. The molecular formula is C10H17NO6S. The minimum Gasteiger partial charge on any atom is -0.479 e. The number of carbonyl (C=O) groups is 3. The van der Waals surface area contributed by atoms with Gasteiger partial charge in [-0.3, -0.25) is 0 Å². The molecule has 0 fully saturated rings. The fourth-order valence-corrected chi connectivity index (χ4v) is 1.10. The third-order valence-electron chi connectivity index (χ3n) is 1.50. The summed E-state index contributed by atoms with van der Waals surface area (Å²) in [6, 6.07) is -1.05. The van der Waals surface area contributed by atoms with Gasteiger partial charge in [-0.05, 0) is 20.8 Å². The number of carboxylic acids is 1. The number of carbonyl (C=O) groups excluding carboxylic acids is 2. The van der Waals surface area contributed by atoms with E-state index in [1.54, 1.807) is 20.8 Å². The lowest BCUT2D eigenvalue weighted by molar-refractivity contribution is -0.156. The van der Waals surface area contributed by atoms with E-state index in [0.717, 1.165) is 0 Å². The van der Waals surface area contributed by atoms with E-state index >= 15 is 0 Å². The van der Waals surface area contributed by atoms with Crippen molar-refractivity contribution in [3.63, 3.8) is 0 Å². The van der Waals surface area contributed by atoms with Crippen LogP contribution < -0.4 is 5.32 Å². The smallest absolute Gasteiger partial charge is 0.408 e. The Morgan fingerprint density at radius 1 is 1.33 bits per heavy atom. The van der Waals surface area contributed by atoms with E-state index in [0.29, 0.717) is 0 Å². The van der Waals surface area contributed by atoms with Crippen LogP contribution >= 0.6 is 12.6 Å². The highest BCUT2D eigenvalue weighted by atomic mass is 32.1. The van der Waals surface area contributed by atoms with E-state index in [-0.39, 0.29) is 5.75 Å². The minimum atomic E-state index is -1.28. The van der Waals surface area contributed by atoms with Crippen molar-refractivity contribution in [2.75, 3.05) is 12.4 Å². The lowest BCUT2D eigenvalue weighted by Gasteiger charge is -2.22. The molecule has 0 rings (SSSR count). The first kappa shape index (κ1) is 16.6. The average molecular weight is 279 g/mol. The Bertz CT molecular complexity index is 325. The quantitative estimate of drug-likeness (QED) is 0.498. The predicted octanol–water partition coefficient (Wildman–Crippen LogP) is 0.437. The zero-order chi connectivity index (χ0) is 14.3. The van der Waals surface area contributed by atoms with Crippen LogP contribution in [-0.2, 0) is 19.1 Å². The molecule has 0 saturated heterocycles. The summed E-state index contributed by atoms with van der Waals surface area (Å²) >= 11 is 3.87. The molecule has 0 aliphatic carbocycles. The maximum Gasteiger partial charge on any atom is 0.408 e. The first-order valence-electron chi connectivity index (χ1n) is 5.14. The zero-order valence-corrected chi connectivity index (χ0v) is 11.3. The van der Waals surface area contributed by atoms with Gasteiger partial charge in [0.05, 0.1) is 0 Å². The van der Waals surface area contributed by atoms with Crippen LogP contribution in [0.2, 0.25) is 0 Å². The largest absolute Gasteiger partial charge is 0.479 e. The normalized spacial score (nSPS) is 12.4. The van der Waals surface area contributed by atoms with Gasteiger partial charge in [0.25, 0.3) is 0 Å². The molecule has 0 saturated carbocycles. The second-order valence-corrected chi connectivity index (χ2v) is 4.75. The van der Waals surface area contributed by atoms with Crippen molar-refractivity contribution >= 4 is 30.7 Å². The molecule has 0 radical (unpaired) electrons. The van der Waals surface area contributed by atoms with Gasteiger partial charge in [-0.15, -0.1) is 0 Å². The summed E-state index contributed by atoms with van der Waals surface area (Å²) in [6.07, 6.45) is -0.797. The monoisotopic (exact) mass is 279 g/mol. The average Bonchev–Trinajstić information content (AvgIpc) is 2.19. The second-order valence-electron chi connectivity index (χ2n) is 4.38. The molecule has 18 heavy (non-hydrogen) atoms. The summed E-state index contributed by atoms with van der Waals surface area (Å²) < 4.78 is 9.37. The highest BCUT2D eigenvalue weighted by molar-refractivity contribution is 7.80. The number of esters is 1. The van der Waals surface area contributed by atoms with E-state index in [1.165, 1.54) is 0 Å². The number of thiol groups is 1. The molecular weight excluding hydrogens is 262 g/mol. The molecule has 0 aromatic carbocycles. The van der Waals surface area contributed by atoms with Gasteiger partial charge in [0, 0.05) is 5.75 Å². The third-order valence-corrected chi connectivity index (χ3v) is 1.86. The van der Waals surface area contributed by atoms with Crippen molar-refractivity contribution in [2.24, 2.45) is 0 Å². The Balaban J connectivity index is 4.29. The zero-order valence-electron chi connectivity index (χ0n) is 10.4. The van der Waals surface area contributed by atoms with Crippen molar-refractivity contribution in [1.29, 1.82) is 0 Å². The molecule has 0 bridgehead atoms. The minimum absolute atomic E-state index is 0.0301. The molecule has 0 aliphatic heterocycles. The van der Waals surface area contributed by atoms with Gasteiger partial charge >= 0.3 is 18.0 Å². The maximum atomic E-state index is 11.4. The maximum absolute atomic E-state index is 11.4. The molecule has 0 aliphatic rings. The van der Waals surface area contributed by atoms with Crippen LogP contribution in [0.3, 0.4) is 0 Å². The van der Waals surface area contributed by atoms with Crippen LogP contribution in [0.25, 0.3) is 0 Å². The molecule has 0 unspecified atom stereocenters. The predicted molar refractivity (Wildman–Crippen MR) is 65.6 cm³/mol. The van der Waals surface area contributed by atoms with Crippen molar-refractivity contribution in [1.82, 2.24) is 5.32 Å². The van der Waals surface area contributed by atoms with E-state index in [9.17, 15) is 14.4 Å². The van der Waals surface area contributed by atoms with E-state index in [1.807, 2.05) is 0 Å². The van der Waals surface area contributed by atoms with Crippen molar-refractivity contribution in [3.05, 3.63) is 0 Å². The van der Waals surface area contributed by atoms with Gasteiger partial charge in [0.15, 0.2) is 6.61 Å². The second kappa shape index (κ2) is 7.10. The molecule has 0 aromatic heterocycles. The number of aliphatic carboxylic acids is 1. The molecule has 8 heteroatoms. The molecule has 1 atom stereocenters.